The van der Waals surface area contributed by atoms with Gasteiger partial charge in [0.05, 0.1) is 11.0 Å². The lowest BCUT2D eigenvalue weighted by molar-refractivity contribution is -0.383. The van der Waals surface area contributed by atoms with Gasteiger partial charge in [0.15, 0.2) is 0 Å². The first-order chi connectivity index (χ1) is 10.1. The van der Waals surface area contributed by atoms with Crippen molar-refractivity contribution >= 4 is 23.2 Å². The molecule has 0 radical (unpaired) electrons. The molecule has 1 atom stereocenters. The van der Waals surface area contributed by atoms with Crippen LogP contribution < -0.4 is 10.6 Å². The SMILES string of the molecule is O=C(NC[C@H]1CCCO1)C(=O)Nc1ccccc1[N+](=O)[O-]. The molecule has 2 rings (SSSR count). The predicted molar refractivity (Wildman–Crippen MR) is 73.7 cm³/mol. The average molecular weight is 293 g/mol. The average Bonchev–Trinajstić information content (AvgIpc) is 2.98. The van der Waals surface area contributed by atoms with Gasteiger partial charge in [-0.25, -0.2) is 0 Å². The second kappa shape index (κ2) is 6.80. The van der Waals surface area contributed by atoms with Crippen LogP contribution in [0.4, 0.5) is 11.4 Å². The Morgan fingerprint density at radius 3 is 2.76 bits per heavy atom. The normalized spacial score (nSPS) is 17.2. The molecule has 1 aliphatic rings. The Bertz CT molecular complexity index is 554. The van der Waals surface area contributed by atoms with Crippen molar-refractivity contribution < 1.29 is 19.2 Å². The highest BCUT2D eigenvalue weighted by Crippen LogP contribution is 2.22. The second-order valence-corrected chi connectivity index (χ2v) is 4.57. The summed E-state index contributed by atoms with van der Waals surface area (Å²) in [6.07, 6.45) is 1.70. The van der Waals surface area contributed by atoms with Crippen LogP contribution in [0.2, 0.25) is 0 Å². The number of nitro benzene ring substituents is 1. The Hall–Kier alpha value is -2.48. The number of hydrogen-bond donors (Lipinski definition) is 2. The van der Waals surface area contributed by atoms with Crippen molar-refractivity contribution in [3.8, 4) is 0 Å². The van der Waals surface area contributed by atoms with Gasteiger partial charge in [0.1, 0.15) is 5.69 Å². The van der Waals surface area contributed by atoms with E-state index in [0.29, 0.717) is 6.61 Å². The van der Waals surface area contributed by atoms with Gasteiger partial charge in [-0.3, -0.25) is 19.7 Å². The van der Waals surface area contributed by atoms with Gasteiger partial charge < -0.3 is 15.4 Å². The molecule has 1 aliphatic heterocycles. The zero-order valence-corrected chi connectivity index (χ0v) is 11.2. The third kappa shape index (κ3) is 3.99. The maximum Gasteiger partial charge on any atom is 0.313 e. The molecule has 0 spiro atoms. The van der Waals surface area contributed by atoms with E-state index in [-0.39, 0.29) is 24.0 Å². The van der Waals surface area contributed by atoms with Crippen LogP contribution in [0.1, 0.15) is 12.8 Å². The number of nitrogens with zero attached hydrogens (tertiary/aromatic N) is 1. The number of amides is 2. The minimum absolute atomic E-state index is 0.0141. The van der Waals surface area contributed by atoms with Crippen LogP contribution in [0.25, 0.3) is 0 Å². The molecule has 0 aromatic heterocycles. The Morgan fingerprint density at radius 2 is 2.10 bits per heavy atom. The summed E-state index contributed by atoms with van der Waals surface area (Å²) >= 11 is 0. The van der Waals surface area contributed by atoms with Crippen molar-refractivity contribution in [1.29, 1.82) is 0 Å². The van der Waals surface area contributed by atoms with E-state index >= 15 is 0 Å². The minimum Gasteiger partial charge on any atom is -0.376 e. The van der Waals surface area contributed by atoms with Crippen molar-refractivity contribution in [3.63, 3.8) is 0 Å². The van der Waals surface area contributed by atoms with E-state index in [1.807, 2.05) is 0 Å². The second-order valence-electron chi connectivity index (χ2n) is 4.57. The molecule has 0 saturated carbocycles. The van der Waals surface area contributed by atoms with E-state index in [1.165, 1.54) is 24.3 Å². The Balaban J connectivity index is 1.91. The summed E-state index contributed by atoms with van der Waals surface area (Å²) < 4.78 is 5.32. The Kier molecular flexibility index (Phi) is 4.83. The molecule has 1 aromatic carbocycles. The fourth-order valence-corrected chi connectivity index (χ4v) is 2.01. The first-order valence-electron chi connectivity index (χ1n) is 6.52. The Labute approximate surface area is 120 Å². The maximum absolute atomic E-state index is 11.7. The minimum atomic E-state index is -0.942. The molecular formula is C13H15N3O5. The van der Waals surface area contributed by atoms with Gasteiger partial charge in [-0.15, -0.1) is 0 Å². The van der Waals surface area contributed by atoms with Crippen molar-refractivity contribution in [2.45, 2.75) is 18.9 Å². The number of carbonyl (C=O) groups excluding carboxylic acids is 2. The summed E-state index contributed by atoms with van der Waals surface area (Å²) in [6.45, 7) is 0.909. The summed E-state index contributed by atoms with van der Waals surface area (Å²) in [5.41, 5.74) is -0.280. The van der Waals surface area contributed by atoms with Crippen molar-refractivity contribution in [2.75, 3.05) is 18.5 Å². The van der Waals surface area contributed by atoms with E-state index in [0.717, 1.165) is 12.8 Å². The number of nitro groups is 1. The quantitative estimate of drug-likeness (QED) is 0.485. The topological polar surface area (TPSA) is 111 Å². The van der Waals surface area contributed by atoms with Crippen LogP contribution in [-0.4, -0.2) is 36.0 Å². The third-order valence-corrected chi connectivity index (χ3v) is 3.07. The summed E-state index contributed by atoms with van der Waals surface area (Å²) in [6, 6.07) is 5.63. The van der Waals surface area contributed by atoms with Crippen LogP contribution >= 0.6 is 0 Å². The molecule has 112 valence electrons. The lowest BCUT2D eigenvalue weighted by atomic mass is 10.2. The summed E-state index contributed by atoms with van der Waals surface area (Å²) in [7, 11) is 0. The molecule has 1 fully saturated rings. The van der Waals surface area contributed by atoms with E-state index in [4.69, 9.17) is 4.74 Å². The monoisotopic (exact) mass is 293 g/mol. The first-order valence-corrected chi connectivity index (χ1v) is 6.52. The highest BCUT2D eigenvalue weighted by atomic mass is 16.6. The van der Waals surface area contributed by atoms with Crippen molar-refractivity contribution in [3.05, 3.63) is 34.4 Å². The zero-order valence-electron chi connectivity index (χ0n) is 11.2. The summed E-state index contributed by atoms with van der Waals surface area (Å²) in [4.78, 5) is 33.5. The molecule has 2 amide bonds. The third-order valence-electron chi connectivity index (χ3n) is 3.07. The van der Waals surface area contributed by atoms with Gasteiger partial charge in [-0.1, -0.05) is 12.1 Å². The number of benzene rings is 1. The highest BCUT2D eigenvalue weighted by Gasteiger charge is 2.21. The smallest absolute Gasteiger partial charge is 0.313 e. The molecule has 8 nitrogen and oxygen atoms in total. The fraction of sp³-hybridized carbons (Fsp3) is 0.385. The number of ether oxygens (including phenoxy) is 1. The molecule has 21 heavy (non-hydrogen) atoms. The zero-order chi connectivity index (χ0) is 15.2. The predicted octanol–water partition coefficient (Wildman–Crippen LogP) is 0.828. The number of nitrogens with one attached hydrogen (secondary N) is 2. The molecule has 1 aromatic rings. The van der Waals surface area contributed by atoms with Gasteiger partial charge in [-0.2, -0.15) is 0 Å². The largest absolute Gasteiger partial charge is 0.376 e. The van der Waals surface area contributed by atoms with E-state index in [9.17, 15) is 19.7 Å². The molecule has 0 bridgehead atoms. The number of para-hydroxylation sites is 2. The number of hydrogen-bond acceptors (Lipinski definition) is 5. The lowest BCUT2D eigenvalue weighted by Gasteiger charge is -2.10. The molecule has 8 heteroatoms. The lowest BCUT2D eigenvalue weighted by Crippen LogP contribution is -2.39. The number of carbonyl (C=O) groups is 2. The standard InChI is InChI=1S/C13H15N3O5/c17-12(14-8-9-4-3-7-21-9)13(18)15-10-5-1-2-6-11(10)16(19)20/h1-2,5-6,9H,3-4,7-8H2,(H,14,17)(H,15,18)/t9-/m1/s1. The van der Waals surface area contributed by atoms with Gasteiger partial charge in [0, 0.05) is 19.2 Å². The molecule has 1 saturated heterocycles. The maximum atomic E-state index is 11.7. The first kappa shape index (κ1) is 14.9. The van der Waals surface area contributed by atoms with Crippen LogP contribution in [0.15, 0.2) is 24.3 Å². The van der Waals surface area contributed by atoms with E-state index in [2.05, 4.69) is 10.6 Å². The van der Waals surface area contributed by atoms with Gasteiger partial charge in [0.25, 0.3) is 5.69 Å². The molecule has 1 heterocycles. The van der Waals surface area contributed by atoms with Gasteiger partial charge >= 0.3 is 11.8 Å². The number of rotatable bonds is 4. The van der Waals surface area contributed by atoms with E-state index < -0.39 is 16.7 Å². The van der Waals surface area contributed by atoms with E-state index in [1.54, 1.807) is 0 Å². The summed E-state index contributed by atoms with van der Waals surface area (Å²) in [5, 5.41) is 15.5. The van der Waals surface area contributed by atoms with Crippen LogP contribution in [0.3, 0.4) is 0 Å². The molecular weight excluding hydrogens is 278 g/mol. The van der Waals surface area contributed by atoms with Gasteiger partial charge in [0.2, 0.25) is 0 Å². The fourth-order valence-electron chi connectivity index (χ4n) is 2.01. The van der Waals surface area contributed by atoms with Crippen LogP contribution in [0, 0.1) is 10.1 Å². The van der Waals surface area contributed by atoms with Gasteiger partial charge in [-0.05, 0) is 18.9 Å². The molecule has 0 unspecified atom stereocenters. The highest BCUT2D eigenvalue weighted by molar-refractivity contribution is 6.39. The molecule has 0 aliphatic carbocycles. The Morgan fingerprint density at radius 1 is 1.33 bits per heavy atom. The van der Waals surface area contributed by atoms with Crippen LogP contribution in [-0.2, 0) is 14.3 Å². The van der Waals surface area contributed by atoms with Crippen molar-refractivity contribution in [2.24, 2.45) is 0 Å². The van der Waals surface area contributed by atoms with Crippen molar-refractivity contribution in [1.82, 2.24) is 5.32 Å². The van der Waals surface area contributed by atoms with Crippen LogP contribution in [0.5, 0.6) is 0 Å². The summed E-state index contributed by atoms with van der Waals surface area (Å²) in [5.74, 6) is -1.79. The number of anilines is 1. The molecule has 2 N–H and O–H groups in total.